The van der Waals surface area contributed by atoms with Gasteiger partial charge in [-0.05, 0) is 68.2 Å². The van der Waals surface area contributed by atoms with Crippen molar-refractivity contribution < 1.29 is 5.48 Å². The van der Waals surface area contributed by atoms with Crippen LogP contribution < -0.4 is 20.7 Å². The normalized spacial score (nSPS) is 12.7. The van der Waals surface area contributed by atoms with Crippen molar-refractivity contribution in [2.75, 3.05) is 0 Å². The van der Waals surface area contributed by atoms with Crippen LogP contribution in [0.25, 0.3) is 77.2 Å². The lowest BCUT2D eigenvalue weighted by Gasteiger charge is -2.35. The number of rotatable bonds is 8. The zero-order valence-electron chi connectivity index (χ0n) is 38.3. The van der Waals surface area contributed by atoms with Crippen LogP contribution in [-0.4, -0.2) is 17.2 Å². The van der Waals surface area contributed by atoms with E-state index < -0.39 is 8.07 Å². The highest BCUT2D eigenvalue weighted by Gasteiger charge is 2.43. The van der Waals surface area contributed by atoms with Crippen LogP contribution in [0, 0.1) is 0 Å². The van der Waals surface area contributed by atoms with Crippen molar-refractivity contribution in [2.45, 2.75) is 0 Å². The van der Waals surface area contributed by atoms with Crippen molar-refractivity contribution in [1.29, 1.82) is 0 Å². The second-order valence-electron chi connectivity index (χ2n) is 16.1. The molecule has 0 amide bonds. The Bertz CT molecular complexity index is 3680. The van der Waals surface area contributed by atoms with Gasteiger partial charge in [-0.2, -0.15) is 0 Å². The lowest BCUT2D eigenvalue weighted by molar-refractivity contribution is 1.17. The first-order valence-corrected chi connectivity index (χ1v) is 23.4. The molecule has 0 spiro atoms. The molecule has 0 aliphatic heterocycles. The Morgan fingerprint density at radius 3 is 1.44 bits per heavy atom. The first-order chi connectivity index (χ1) is 33.0. The van der Waals surface area contributed by atoms with E-state index in [1.54, 1.807) is 0 Å². The molecule has 0 atom stereocenters. The number of aromatic nitrogens is 2. The fourth-order valence-electron chi connectivity index (χ4n) is 10.2. The molecule has 0 radical (unpaired) electrons. The molecule has 0 saturated carbocycles. The van der Waals surface area contributed by atoms with E-state index >= 15 is 0 Å². The quantitative estimate of drug-likeness (QED) is 0.107. The van der Waals surface area contributed by atoms with Crippen molar-refractivity contribution in [1.82, 2.24) is 9.13 Å². The Morgan fingerprint density at radius 2 is 0.841 bits per heavy atom. The van der Waals surface area contributed by atoms with E-state index in [4.69, 9.17) is 4.11 Å². The Balaban J connectivity index is 1.30. The van der Waals surface area contributed by atoms with E-state index in [0.717, 1.165) is 66.3 Å². The summed E-state index contributed by atoms with van der Waals surface area (Å²) in [7, 11) is -3.15. The van der Waals surface area contributed by atoms with Gasteiger partial charge in [0.25, 0.3) is 0 Å². The van der Waals surface area contributed by atoms with Crippen LogP contribution in [0.15, 0.2) is 255 Å². The minimum absolute atomic E-state index is 0.0405. The fourth-order valence-corrected chi connectivity index (χ4v) is 15.2. The van der Waals surface area contributed by atoms with Crippen molar-refractivity contribution in [2.24, 2.45) is 0 Å². The third-order valence-corrected chi connectivity index (χ3v) is 17.6. The maximum Gasteiger partial charge on any atom is 0.180 e. The Morgan fingerprint density at radius 1 is 0.349 bits per heavy atom. The van der Waals surface area contributed by atoms with Gasteiger partial charge in [0, 0.05) is 38.4 Å². The van der Waals surface area contributed by atoms with E-state index in [1.165, 1.54) is 20.7 Å². The number of benzene rings is 10. The molecule has 296 valence electrons. The topological polar surface area (TPSA) is 9.86 Å². The number of para-hydroxylation sites is 3. The zero-order chi connectivity index (χ0) is 45.2. The molecule has 2 heterocycles. The summed E-state index contributed by atoms with van der Waals surface area (Å²) in [6, 6.07) is 81.8. The molecular formula is C60H42N2Si. The molecule has 0 bridgehead atoms. The predicted octanol–water partition coefficient (Wildman–Crippen LogP) is 12.6. The molecule has 0 unspecified atom stereocenters. The van der Waals surface area contributed by atoms with E-state index in [0.29, 0.717) is 10.9 Å². The molecule has 0 N–H and O–H groups in total. The largest absolute Gasteiger partial charge is 0.309 e. The number of fused-ring (bicyclic) bond motifs is 6. The van der Waals surface area contributed by atoms with Gasteiger partial charge in [-0.25, -0.2) is 0 Å². The fraction of sp³-hybridized carbons (Fsp3) is 0. The third-order valence-electron chi connectivity index (χ3n) is 12.8. The molecule has 2 aromatic heterocycles. The van der Waals surface area contributed by atoms with Gasteiger partial charge in [-0.1, -0.05) is 218 Å². The Labute approximate surface area is 373 Å². The van der Waals surface area contributed by atoms with Crippen LogP contribution >= 0.6 is 0 Å². The van der Waals surface area contributed by atoms with Gasteiger partial charge in [0.1, 0.15) is 0 Å². The summed E-state index contributed by atoms with van der Waals surface area (Å²) < 4.78 is 40.6. The summed E-state index contributed by atoms with van der Waals surface area (Å²) in [5.74, 6) is 0. The summed E-state index contributed by atoms with van der Waals surface area (Å²) in [6.07, 6.45) is 0. The summed E-state index contributed by atoms with van der Waals surface area (Å²) in [4.78, 5) is 0. The van der Waals surface area contributed by atoms with Gasteiger partial charge in [0.05, 0.1) is 33.2 Å². The highest BCUT2D eigenvalue weighted by Crippen LogP contribution is 2.42. The first kappa shape index (κ1) is 32.7. The summed E-state index contributed by atoms with van der Waals surface area (Å²) >= 11 is 0. The maximum atomic E-state index is 9.36. The molecule has 10 aromatic carbocycles. The van der Waals surface area contributed by atoms with Crippen molar-refractivity contribution in [3.8, 4) is 33.6 Å². The minimum Gasteiger partial charge on any atom is -0.309 e. The summed E-state index contributed by atoms with van der Waals surface area (Å²) in [5.41, 5.74) is 9.66. The summed E-state index contributed by atoms with van der Waals surface area (Å²) in [5, 5.41) is 8.51. The molecular weight excluding hydrogens is 777 g/mol. The highest BCUT2D eigenvalue weighted by molar-refractivity contribution is 7.20. The number of hydrogen-bond donors (Lipinski definition) is 0. The number of nitrogens with zero attached hydrogens (tertiary/aromatic N) is 2. The van der Waals surface area contributed by atoms with E-state index in [1.807, 2.05) is 28.8 Å². The predicted molar refractivity (Wildman–Crippen MR) is 270 cm³/mol. The van der Waals surface area contributed by atoms with Gasteiger partial charge in [-0.15, -0.1) is 0 Å². The van der Waals surface area contributed by atoms with Crippen LogP contribution in [0.5, 0.6) is 0 Å². The van der Waals surface area contributed by atoms with Crippen LogP contribution in [-0.2, 0) is 0 Å². The third kappa shape index (κ3) is 5.78. The van der Waals surface area contributed by atoms with Gasteiger partial charge in [0.2, 0.25) is 0 Å². The van der Waals surface area contributed by atoms with E-state index in [9.17, 15) is 1.37 Å². The van der Waals surface area contributed by atoms with Gasteiger partial charge < -0.3 is 9.13 Å². The first-order valence-electron chi connectivity index (χ1n) is 23.4. The lowest BCUT2D eigenvalue weighted by atomic mass is 9.95. The Kier molecular flexibility index (Phi) is 7.89. The maximum absolute atomic E-state index is 9.36. The van der Waals surface area contributed by atoms with Crippen molar-refractivity contribution in [3.05, 3.63) is 255 Å². The average Bonchev–Trinajstić information content (AvgIpc) is 3.92. The van der Waals surface area contributed by atoms with Gasteiger partial charge >= 0.3 is 0 Å². The van der Waals surface area contributed by atoms with E-state index in [-0.39, 0.29) is 24.2 Å². The molecule has 0 aliphatic carbocycles. The lowest BCUT2D eigenvalue weighted by Crippen LogP contribution is -2.74. The molecule has 63 heavy (non-hydrogen) atoms. The molecule has 3 heteroatoms. The smallest absolute Gasteiger partial charge is 0.180 e. The van der Waals surface area contributed by atoms with E-state index in [2.05, 4.69) is 211 Å². The van der Waals surface area contributed by atoms with Crippen LogP contribution in [0.4, 0.5) is 0 Å². The van der Waals surface area contributed by atoms with Crippen LogP contribution in [0.2, 0.25) is 0 Å². The molecule has 12 aromatic rings. The SMILES string of the molecule is [2H]c1c([2H])c([2H])c2c(c1[2H])c1ccccc1n2-c1ccc2c(c1)c1c([Si](c3ccccc3)(c3ccccc3)c3ccccc3)cccc1n2-c1c(-c2ccccc2)cccc1-c1ccccc1. The molecule has 2 nitrogen and oxygen atoms in total. The average molecular weight is 823 g/mol. The van der Waals surface area contributed by atoms with Gasteiger partial charge in [-0.3, -0.25) is 0 Å². The van der Waals surface area contributed by atoms with Crippen molar-refractivity contribution in [3.63, 3.8) is 0 Å². The highest BCUT2D eigenvalue weighted by atomic mass is 28.3. The van der Waals surface area contributed by atoms with Crippen LogP contribution in [0.1, 0.15) is 5.48 Å². The second kappa shape index (κ2) is 15.2. The standard InChI is InChI=1S/C60H42N2Si/c1-6-22-43(23-7-1)49-34-20-35-50(44-24-8-2-9-25-44)60(49)62-56-41-40-45(61-54-36-18-16-32-51(54)52-33-17-19-37-55(52)61)42-53(56)59-57(62)38-21-39-58(59)63(46-26-10-3-11-27-46,47-28-12-4-13-29-47)48-30-14-5-15-31-48/h1-42H/i16D,18D,32D,36D. The molecule has 0 saturated heterocycles. The number of hydrogen-bond acceptors (Lipinski definition) is 0. The molecule has 0 aliphatic rings. The van der Waals surface area contributed by atoms with Crippen molar-refractivity contribution >= 4 is 72.4 Å². The molecule has 0 fully saturated rings. The monoisotopic (exact) mass is 822 g/mol. The summed E-state index contributed by atoms with van der Waals surface area (Å²) in [6.45, 7) is 0. The van der Waals surface area contributed by atoms with Crippen LogP contribution in [0.3, 0.4) is 0 Å². The minimum atomic E-state index is -3.15. The zero-order valence-corrected chi connectivity index (χ0v) is 35.3. The Hall–Kier alpha value is -7.98. The van der Waals surface area contributed by atoms with Gasteiger partial charge in [0.15, 0.2) is 8.07 Å². The second-order valence-corrected chi connectivity index (χ2v) is 19.9. The molecule has 12 rings (SSSR count).